The van der Waals surface area contributed by atoms with E-state index in [1.807, 2.05) is 0 Å². The Morgan fingerprint density at radius 2 is 2.19 bits per heavy atom. The number of anilines is 1. The molecule has 1 saturated carbocycles. The van der Waals surface area contributed by atoms with Gasteiger partial charge in [0, 0.05) is 18.3 Å². The lowest BCUT2D eigenvalue weighted by atomic mass is 9.86. The van der Waals surface area contributed by atoms with E-state index in [1.165, 1.54) is 30.6 Å². The molecule has 2 saturated heterocycles. The largest absolute Gasteiger partial charge is 0.368 e. The fourth-order valence-electron chi connectivity index (χ4n) is 3.04. The fraction of sp³-hybridized carbons (Fsp3) is 0.571. The van der Waals surface area contributed by atoms with Crippen molar-refractivity contribution in [3.05, 3.63) is 29.8 Å². The topological polar surface area (TPSA) is 29.3 Å². The van der Waals surface area contributed by atoms with Crippen LogP contribution >= 0.6 is 0 Å². The van der Waals surface area contributed by atoms with Crippen molar-refractivity contribution < 1.29 is 0 Å². The van der Waals surface area contributed by atoms with E-state index in [0.717, 1.165) is 31.3 Å². The van der Waals surface area contributed by atoms with Crippen molar-refractivity contribution >= 4 is 5.69 Å². The molecule has 2 heterocycles. The van der Waals surface area contributed by atoms with Gasteiger partial charge in [-0.2, -0.15) is 0 Å². The Hall–Kier alpha value is -1.02. The second-order valence-electron chi connectivity index (χ2n) is 5.21. The van der Waals surface area contributed by atoms with Crippen LogP contribution < -0.4 is 10.6 Å². The molecular formula is C14H20N2. The quantitative estimate of drug-likeness (QED) is 0.836. The van der Waals surface area contributed by atoms with Crippen molar-refractivity contribution in [1.82, 2.24) is 0 Å². The smallest absolute Gasteiger partial charge is 0.0371 e. The Morgan fingerprint density at radius 1 is 1.31 bits per heavy atom. The molecule has 4 rings (SSSR count). The van der Waals surface area contributed by atoms with Gasteiger partial charge < -0.3 is 10.6 Å². The maximum atomic E-state index is 5.55. The van der Waals surface area contributed by atoms with Gasteiger partial charge in [0.25, 0.3) is 0 Å². The molecule has 1 aromatic carbocycles. The number of benzene rings is 1. The van der Waals surface area contributed by atoms with E-state index in [9.17, 15) is 0 Å². The molecule has 0 unspecified atom stereocenters. The predicted octanol–water partition coefficient (Wildman–Crippen LogP) is 2.18. The Kier molecular flexibility index (Phi) is 2.60. The molecule has 0 radical (unpaired) electrons. The van der Waals surface area contributed by atoms with E-state index >= 15 is 0 Å². The lowest BCUT2D eigenvalue weighted by molar-refractivity contribution is 0.381. The van der Waals surface area contributed by atoms with Gasteiger partial charge in [0.05, 0.1) is 0 Å². The number of nitrogens with zero attached hydrogens (tertiary/aromatic N) is 1. The standard InChI is InChI=1S/C14H20N2/c15-6-2-4-11-3-1-5-13(7-11)16-10-12-8-14(16)9-12/h1,3,5,7,12,14H,2,4,6,8-10,15H2. The highest BCUT2D eigenvalue weighted by atomic mass is 15.2. The minimum Gasteiger partial charge on any atom is -0.368 e. The molecular weight excluding hydrogens is 196 g/mol. The van der Waals surface area contributed by atoms with Gasteiger partial charge >= 0.3 is 0 Å². The molecule has 1 aromatic rings. The Morgan fingerprint density at radius 3 is 2.88 bits per heavy atom. The van der Waals surface area contributed by atoms with Crippen molar-refractivity contribution in [3.8, 4) is 0 Å². The third kappa shape index (κ3) is 1.71. The van der Waals surface area contributed by atoms with Gasteiger partial charge in [0.2, 0.25) is 0 Å². The van der Waals surface area contributed by atoms with E-state index in [0.29, 0.717) is 0 Å². The molecule has 0 aromatic heterocycles. The van der Waals surface area contributed by atoms with E-state index < -0.39 is 0 Å². The first kappa shape index (κ1) is 10.2. The lowest BCUT2D eigenvalue weighted by Crippen LogP contribution is -2.28. The number of nitrogens with two attached hydrogens (primary N) is 1. The second kappa shape index (κ2) is 4.10. The summed E-state index contributed by atoms with van der Waals surface area (Å²) < 4.78 is 0. The van der Waals surface area contributed by atoms with Crippen LogP contribution in [0.25, 0.3) is 0 Å². The van der Waals surface area contributed by atoms with Gasteiger partial charge in [-0.3, -0.25) is 0 Å². The Balaban J connectivity index is 1.74. The molecule has 0 spiro atoms. The van der Waals surface area contributed by atoms with Crippen LogP contribution in [0.3, 0.4) is 0 Å². The van der Waals surface area contributed by atoms with E-state index in [4.69, 9.17) is 5.73 Å². The van der Waals surface area contributed by atoms with Crippen LogP contribution in [0.15, 0.2) is 24.3 Å². The zero-order valence-electron chi connectivity index (χ0n) is 9.73. The zero-order valence-corrected chi connectivity index (χ0v) is 9.73. The van der Waals surface area contributed by atoms with Crippen LogP contribution in [0.5, 0.6) is 0 Å². The minimum absolute atomic E-state index is 0.790. The van der Waals surface area contributed by atoms with Gasteiger partial charge in [-0.15, -0.1) is 0 Å². The predicted molar refractivity (Wildman–Crippen MR) is 67.7 cm³/mol. The summed E-state index contributed by atoms with van der Waals surface area (Å²) in [6, 6.07) is 9.87. The van der Waals surface area contributed by atoms with Crippen molar-refractivity contribution in [2.24, 2.45) is 11.7 Å². The van der Waals surface area contributed by atoms with Crippen LogP contribution in [0, 0.1) is 5.92 Å². The number of fused-ring (bicyclic) bond motifs is 1. The van der Waals surface area contributed by atoms with Crippen molar-refractivity contribution in [3.63, 3.8) is 0 Å². The molecule has 2 aliphatic heterocycles. The van der Waals surface area contributed by atoms with Gasteiger partial charge in [-0.1, -0.05) is 12.1 Å². The molecule has 1 aliphatic carbocycles. The molecule has 16 heavy (non-hydrogen) atoms. The molecule has 3 fully saturated rings. The summed E-state index contributed by atoms with van der Waals surface area (Å²) in [4.78, 5) is 2.59. The van der Waals surface area contributed by atoms with E-state index in [1.54, 1.807) is 0 Å². The van der Waals surface area contributed by atoms with Crippen LogP contribution in [-0.4, -0.2) is 19.1 Å². The summed E-state index contributed by atoms with van der Waals surface area (Å²) in [6.07, 6.45) is 5.06. The first-order valence-corrected chi connectivity index (χ1v) is 6.42. The van der Waals surface area contributed by atoms with E-state index in [-0.39, 0.29) is 0 Å². The third-order valence-corrected chi connectivity index (χ3v) is 4.02. The SMILES string of the molecule is NCCCc1cccc(N2CC3CC2C3)c1. The molecule has 2 nitrogen and oxygen atoms in total. The zero-order chi connectivity index (χ0) is 11.0. The number of hydrogen-bond acceptors (Lipinski definition) is 2. The summed E-state index contributed by atoms with van der Waals surface area (Å²) in [5.41, 5.74) is 8.42. The highest BCUT2D eigenvalue weighted by molar-refractivity contribution is 5.52. The van der Waals surface area contributed by atoms with Crippen molar-refractivity contribution in [2.45, 2.75) is 31.7 Å². The molecule has 3 aliphatic rings. The average Bonchev–Trinajstić information content (AvgIpc) is 2.85. The normalized spacial score (nSPS) is 26.9. The van der Waals surface area contributed by atoms with Gasteiger partial charge in [-0.05, 0) is 55.8 Å². The molecule has 2 N–H and O–H groups in total. The van der Waals surface area contributed by atoms with Crippen LogP contribution in [-0.2, 0) is 6.42 Å². The average molecular weight is 216 g/mol. The lowest BCUT2D eigenvalue weighted by Gasteiger charge is -2.27. The molecule has 0 atom stereocenters. The molecule has 2 bridgehead atoms. The highest BCUT2D eigenvalue weighted by Crippen LogP contribution is 2.43. The highest BCUT2D eigenvalue weighted by Gasteiger charge is 2.42. The monoisotopic (exact) mass is 216 g/mol. The van der Waals surface area contributed by atoms with Gasteiger partial charge in [0.1, 0.15) is 0 Å². The Bertz CT molecular complexity index is 369. The number of rotatable bonds is 4. The Labute approximate surface area is 97.4 Å². The van der Waals surface area contributed by atoms with Crippen LogP contribution in [0.2, 0.25) is 0 Å². The van der Waals surface area contributed by atoms with Crippen LogP contribution in [0.4, 0.5) is 5.69 Å². The second-order valence-corrected chi connectivity index (χ2v) is 5.21. The van der Waals surface area contributed by atoms with Crippen molar-refractivity contribution in [2.75, 3.05) is 18.0 Å². The van der Waals surface area contributed by atoms with Crippen LogP contribution in [0.1, 0.15) is 24.8 Å². The van der Waals surface area contributed by atoms with Gasteiger partial charge in [-0.25, -0.2) is 0 Å². The first-order valence-electron chi connectivity index (χ1n) is 6.42. The molecule has 2 heteroatoms. The summed E-state index contributed by atoms with van der Waals surface area (Å²) in [6.45, 7) is 2.07. The summed E-state index contributed by atoms with van der Waals surface area (Å²) in [5.74, 6) is 0.984. The number of hydrogen-bond donors (Lipinski definition) is 1. The first-order chi connectivity index (χ1) is 7.86. The maximum absolute atomic E-state index is 5.55. The minimum atomic E-state index is 0.790. The molecule has 0 amide bonds. The van der Waals surface area contributed by atoms with Crippen molar-refractivity contribution in [1.29, 1.82) is 0 Å². The van der Waals surface area contributed by atoms with Gasteiger partial charge in [0.15, 0.2) is 0 Å². The third-order valence-electron chi connectivity index (χ3n) is 4.02. The maximum Gasteiger partial charge on any atom is 0.0371 e. The summed E-state index contributed by atoms with van der Waals surface area (Å²) in [5, 5.41) is 0. The molecule has 86 valence electrons. The summed E-state index contributed by atoms with van der Waals surface area (Å²) in [7, 11) is 0. The van der Waals surface area contributed by atoms with E-state index in [2.05, 4.69) is 29.2 Å². The fourth-order valence-corrected chi connectivity index (χ4v) is 3.04. The number of aryl methyl sites for hydroxylation is 1. The summed E-state index contributed by atoms with van der Waals surface area (Å²) >= 11 is 0.